The van der Waals surface area contributed by atoms with Crippen molar-refractivity contribution in [1.82, 2.24) is 20.6 Å². The molecule has 1 heterocycles. The summed E-state index contributed by atoms with van der Waals surface area (Å²) in [5.74, 6) is -0.864. The van der Waals surface area contributed by atoms with Gasteiger partial charge in [0.2, 0.25) is 0 Å². The molecular formula is C8H6F2N4. The van der Waals surface area contributed by atoms with Gasteiger partial charge in [-0.05, 0) is 22.6 Å². The number of rotatable bonds is 2. The highest BCUT2D eigenvalue weighted by molar-refractivity contribution is 5.22. The molecule has 0 fully saturated rings. The van der Waals surface area contributed by atoms with E-state index in [9.17, 15) is 8.78 Å². The molecule has 6 heteroatoms. The van der Waals surface area contributed by atoms with E-state index in [1.165, 1.54) is 18.2 Å². The molecule has 2 rings (SSSR count). The number of hydrogen-bond donors (Lipinski definition) is 1. The standard InChI is InChI=1S/C8H6F2N4/c9-6-2-1-3-7(10)5(6)4-8-11-13-14-12-8/h1-3H,4H2,(H,11,12,13,14). The number of H-pyrrole nitrogens is 1. The largest absolute Gasteiger partial charge is 0.243 e. The predicted molar refractivity (Wildman–Crippen MR) is 43.3 cm³/mol. The summed E-state index contributed by atoms with van der Waals surface area (Å²) in [6, 6.07) is 3.71. The van der Waals surface area contributed by atoms with Crippen LogP contribution in [0.2, 0.25) is 0 Å². The third-order valence-corrected chi connectivity index (χ3v) is 1.80. The van der Waals surface area contributed by atoms with Gasteiger partial charge in [-0.2, -0.15) is 0 Å². The first-order valence-electron chi connectivity index (χ1n) is 3.93. The normalized spacial score (nSPS) is 10.4. The van der Waals surface area contributed by atoms with Crippen LogP contribution in [0.5, 0.6) is 0 Å². The average Bonchev–Trinajstić information content (AvgIpc) is 2.64. The molecule has 0 radical (unpaired) electrons. The Balaban J connectivity index is 2.33. The number of benzene rings is 1. The fourth-order valence-corrected chi connectivity index (χ4v) is 1.12. The Kier molecular flexibility index (Phi) is 2.18. The maximum absolute atomic E-state index is 13.1. The van der Waals surface area contributed by atoms with Gasteiger partial charge in [0.05, 0.1) is 0 Å². The fourth-order valence-electron chi connectivity index (χ4n) is 1.12. The van der Waals surface area contributed by atoms with E-state index in [-0.39, 0.29) is 12.0 Å². The van der Waals surface area contributed by atoms with Crippen LogP contribution in [0.25, 0.3) is 0 Å². The Labute approximate surface area is 78.0 Å². The van der Waals surface area contributed by atoms with Crippen molar-refractivity contribution in [2.24, 2.45) is 0 Å². The number of nitrogens with one attached hydrogen (secondary N) is 1. The monoisotopic (exact) mass is 196 g/mol. The van der Waals surface area contributed by atoms with Crippen LogP contribution in [0, 0.1) is 11.6 Å². The van der Waals surface area contributed by atoms with Gasteiger partial charge in [0.1, 0.15) is 11.6 Å². The van der Waals surface area contributed by atoms with Crippen LogP contribution in [0.15, 0.2) is 18.2 Å². The van der Waals surface area contributed by atoms with Gasteiger partial charge in [0, 0.05) is 12.0 Å². The lowest BCUT2D eigenvalue weighted by Crippen LogP contribution is -1.98. The van der Waals surface area contributed by atoms with E-state index in [0.717, 1.165) is 0 Å². The van der Waals surface area contributed by atoms with Gasteiger partial charge >= 0.3 is 0 Å². The summed E-state index contributed by atoms with van der Waals surface area (Å²) in [5, 5.41) is 12.6. The zero-order chi connectivity index (χ0) is 9.97. The van der Waals surface area contributed by atoms with Crippen molar-refractivity contribution in [3.05, 3.63) is 41.2 Å². The van der Waals surface area contributed by atoms with Crippen molar-refractivity contribution in [3.63, 3.8) is 0 Å². The molecule has 4 nitrogen and oxygen atoms in total. The van der Waals surface area contributed by atoms with Gasteiger partial charge in [-0.15, -0.1) is 5.10 Å². The third kappa shape index (κ3) is 1.59. The van der Waals surface area contributed by atoms with Crippen molar-refractivity contribution in [3.8, 4) is 0 Å². The molecular weight excluding hydrogens is 190 g/mol. The summed E-state index contributed by atoms with van der Waals surface area (Å²) < 4.78 is 26.2. The predicted octanol–water partition coefficient (Wildman–Crippen LogP) is 1.07. The van der Waals surface area contributed by atoms with Crippen molar-refractivity contribution in [1.29, 1.82) is 0 Å². The first kappa shape index (κ1) is 8.74. The second kappa shape index (κ2) is 3.49. The molecule has 1 aromatic heterocycles. The van der Waals surface area contributed by atoms with Gasteiger partial charge in [-0.1, -0.05) is 6.07 Å². The molecule has 0 aliphatic carbocycles. The second-order valence-corrected chi connectivity index (χ2v) is 2.72. The quantitative estimate of drug-likeness (QED) is 0.781. The SMILES string of the molecule is Fc1cccc(F)c1Cc1nnn[nH]1. The van der Waals surface area contributed by atoms with E-state index in [2.05, 4.69) is 20.6 Å². The Morgan fingerprint density at radius 2 is 1.93 bits per heavy atom. The smallest absolute Gasteiger partial charge is 0.153 e. The zero-order valence-corrected chi connectivity index (χ0v) is 7.04. The first-order chi connectivity index (χ1) is 6.77. The fraction of sp³-hybridized carbons (Fsp3) is 0.125. The van der Waals surface area contributed by atoms with E-state index in [1.807, 2.05) is 0 Å². The molecule has 0 unspecified atom stereocenters. The van der Waals surface area contributed by atoms with Gasteiger partial charge in [-0.25, -0.2) is 13.9 Å². The highest BCUT2D eigenvalue weighted by Gasteiger charge is 2.10. The molecule has 0 amide bonds. The number of halogens is 2. The molecule has 72 valence electrons. The van der Waals surface area contributed by atoms with E-state index < -0.39 is 11.6 Å². The molecule has 0 saturated heterocycles. The molecule has 0 spiro atoms. The minimum Gasteiger partial charge on any atom is -0.243 e. The van der Waals surface area contributed by atoms with E-state index in [0.29, 0.717) is 5.82 Å². The molecule has 2 aromatic rings. The molecule has 1 aromatic carbocycles. The maximum Gasteiger partial charge on any atom is 0.153 e. The Morgan fingerprint density at radius 1 is 1.21 bits per heavy atom. The van der Waals surface area contributed by atoms with Crippen LogP contribution >= 0.6 is 0 Å². The molecule has 1 N–H and O–H groups in total. The maximum atomic E-state index is 13.1. The number of aromatic nitrogens is 4. The van der Waals surface area contributed by atoms with Crippen molar-refractivity contribution >= 4 is 0 Å². The van der Waals surface area contributed by atoms with Gasteiger partial charge < -0.3 is 0 Å². The number of aromatic amines is 1. The van der Waals surface area contributed by atoms with E-state index in [4.69, 9.17) is 0 Å². The summed E-state index contributed by atoms with van der Waals surface area (Å²) in [5.41, 5.74) is -0.0361. The minimum absolute atomic E-state index is 0.0194. The van der Waals surface area contributed by atoms with Crippen LogP contribution < -0.4 is 0 Å². The molecule has 0 aliphatic heterocycles. The van der Waals surface area contributed by atoms with Crippen LogP contribution in [-0.4, -0.2) is 20.6 Å². The number of tetrazole rings is 1. The highest BCUT2D eigenvalue weighted by Crippen LogP contribution is 2.14. The average molecular weight is 196 g/mol. The van der Waals surface area contributed by atoms with Crippen LogP contribution in [-0.2, 0) is 6.42 Å². The number of nitrogens with zero attached hydrogens (tertiary/aromatic N) is 3. The summed E-state index contributed by atoms with van der Waals surface area (Å²) in [6.07, 6.45) is 0.0194. The van der Waals surface area contributed by atoms with Gasteiger partial charge in [-0.3, -0.25) is 0 Å². The van der Waals surface area contributed by atoms with Crippen molar-refractivity contribution in [2.75, 3.05) is 0 Å². The summed E-state index contributed by atoms with van der Waals surface area (Å²) in [6.45, 7) is 0. The van der Waals surface area contributed by atoms with Gasteiger partial charge in [0.25, 0.3) is 0 Å². The highest BCUT2D eigenvalue weighted by atomic mass is 19.1. The molecule has 0 saturated carbocycles. The number of hydrogen-bond acceptors (Lipinski definition) is 3. The van der Waals surface area contributed by atoms with Crippen LogP contribution in [0.3, 0.4) is 0 Å². The lowest BCUT2D eigenvalue weighted by Gasteiger charge is -2.00. The topological polar surface area (TPSA) is 54.5 Å². The molecule has 0 atom stereocenters. The molecule has 14 heavy (non-hydrogen) atoms. The Morgan fingerprint density at radius 3 is 2.50 bits per heavy atom. The van der Waals surface area contributed by atoms with Crippen molar-refractivity contribution < 1.29 is 8.78 Å². The Bertz CT molecular complexity index is 407. The summed E-state index contributed by atoms with van der Waals surface area (Å²) in [7, 11) is 0. The Hall–Kier alpha value is -1.85. The summed E-state index contributed by atoms with van der Waals surface area (Å²) in [4.78, 5) is 0. The second-order valence-electron chi connectivity index (χ2n) is 2.72. The van der Waals surface area contributed by atoms with Crippen LogP contribution in [0.4, 0.5) is 8.78 Å². The minimum atomic E-state index is -0.596. The van der Waals surface area contributed by atoms with Gasteiger partial charge in [0.15, 0.2) is 5.82 Å². The van der Waals surface area contributed by atoms with E-state index >= 15 is 0 Å². The molecule has 0 bridgehead atoms. The lowest BCUT2D eigenvalue weighted by atomic mass is 10.1. The lowest BCUT2D eigenvalue weighted by molar-refractivity contribution is 0.559. The third-order valence-electron chi connectivity index (χ3n) is 1.80. The van der Waals surface area contributed by atoms with E-state index in [1.54, 1.807) is 0 Å². The van der Waals surface area contributed by atoms with Crippen LogP contribution in [0.1, 0.15) is 11.4 Å². The summed E-state index contributed by atoms with van der Waals surface area (Å²) >= 11 is 0. The molecule has 0 aliphatic rings. The first-order valence-corrected chi connectivity index (χ1v) is 3.93. The van der Waals surface area contributed by atoms with Crippen molar-refractivity contribution in [2.45, 2.75) is 6.42 Å². The zero-order valence-electron chi connectivity index (χ0n) is 7.04.